The first kappa shape index (κ1) is 20.0. The summed E-state index contributed by atoms with van der Waals surface area (Å²) in [7, 11) is 1.47. The van der Waals surface area contributed by atoms with Gasteiger partial charge in [-0.25, -0.2) is 0 Å². The van der Waals surface area contributed by atoms with E-state index in [1.165, 1.54) is 7.11 Å². The van der Waals surface area contributed by atoms with Gasteiger partial charge in [-0.05, 0) is 24.6 Å². The Labute approximate surface area is 174 Å². The van der Waals surface area contributed by atoms with E-state index in [4.69, 9.17) is 9.84 Å². The van der Waals surface area contributed by atoms with Crippen molar-refractivity contribution in [1.82, 2.24) is 10.2 Å². The Kier molecular flexibility index (Phi) is 4.96. The molecule has 0 unspecified atom stereocenters. The third kappa shape index (κ3) is 2.89. The molecule has 0 aliphatic carbocycles. The summed E-state index contributed by atoms with van der Waals surface area (Å²) in [5.41, 5.74) is -0.264. The highest BCUT2D eigenvalue weighted by Crippen LogP contribution is 2.53. The van der Waals surface area contributed by atoms with Gasteiger partial charge in [-0.3, -0.25) is 29.4 Å². The van der Waals surface area contributed by atoms with E-state index in [-0.39, 0.29) is 26.0 Å². The second kappa shape index (κ2) is 7.19. The molecular weight excluding hydrogens is 446 g/mol. The number of halogens is 1. The minimum Gasteiger partial charge on any atom is -0.481 e. The number of methoxy groups -OCH3 is 1. The van der Waals surface area contributed by atoms with Gasteiger partial charge in [0, 0.05) is 35.3 Å². The number of hydrogen-bond acceptors (Lipinski definition) is 6. The zero-order chi connectivity index (χ0) is 20.9. The lowest BCUT2D eigenvalue weighted by Gasteiger charge is -2.29. The molecule has 2 saturated heterocycles. The lowest BCUT2D eigenvalue weighted by molar-refractivity contribution is -0.144. The van der Waals surface area contributed by atoms with Crippen LogP contribution in [0.2, 0.25) is 0 Å². The van der Waals surface area contributed by atoms with Gasteiger partial charge in [0.05, 0.1) is 25.0 Å². The van der Waals surface area contributed by atoms with Crippen LogP contribution in [0.25, 0.3) is 0 Å². The summed E-state index contributed by atoms with van der Waals surface area (Å²) >= 11 is 3.40. The van der Waals surface area contributed by atoms with Gasteiger partial charge >= 0.3 is 5.97 Å². The second-order valence-corrected chi connectivity index (χ2v) is 8.38. The van der Waals surface area contributed by atoms with Crippen molar-refractivity contribution in [3.63, 3.8) is 0 Å². The largest absolute Gasteiger partial charge is 0.481 e. The molecule has 0 saturated carbocycles. The Hall–Kier alpha value is -2.30. The molecule has 1 aromatic carbocycles. The van der Waals surface area contributed by atoms with Gasteiger partial charge < -0.3 is 15.2 Å². The second-order valence-electron chi connectivity index (χ2n) is 7.46. The van der Waals surface area contributed by atoms with E-state index in [0.717, 1.165) is 9.37 Å². The molecule has 0 aromatic heterocycles. The highest BCUT2D eigenvalue weighted by atomic mass is 79.9. The number of nitrogens with zero attached hydrogens (tertiary/aromatic N) is 1. The summed E-state index contributed by atoms with van der Waals surface area (Å²) in [6.45, 7) is 0.279. The maximum atomic E-state index is 13.3. The number of nitrogens with one attached hydrogen (secondary N) is 2. The maximum absolute atomic E-state index is 13.3. The third-order valence-electron chi connectivity index (χ3n) is 5.96. The number of amides is 3. The van der Waals surface area contributed by atoms with Crippen LogP contribution in [0.4, 0.5) is 5.69 Å². The first-order chi connectivity index (χ1) is 13.8. The first-order valence-electron chi connectivity index (χ1n) is 9.26. The van der Waals surface area contributed by atoms with Crippen molar-refractivity contribution in [3.8, 4) is 0 Å². The molecule has 3 N–H and O–H groups in total. The van der Waals surface area contributed by atoms with E-state index in [0.29, 0.717) is 11.3 Å². The van der Waals surface area contributed by atoms with Crippen LogP contribution >= 0.6 is 15.9 Å². The van der Waals surface area contributed by atoms with Crippen molar-refractivity contribution in [2.75, 3.05) is 25.6 Å². The molecule has 3 amide bonds. The number of anilines is 1. The molecule has 1 spiro atoms. The monoisotopic (exact) mass is 465 g/mol. The van der Waals surface area contributed by atoms with E-state index in [1.807, 2.05) is 0 Å². The lowest BCUT2D eigenvalue weighted by atomic mass is 9.76. The van der Waals surface area contributed by atoms with Crippen LogP contribution in [-0.2, 0) is 29.5 Å². The number of ether oxygens (including phenoxy) is 1. The fourth-order valence-electron chi connectivity index (χ4n) is 4.76. The fourth-order valence-corrected chi connectivity index (χ4v) is 5.13. The Morgan fingerprint density at radius 1 is 1.31 bits per heavy atom. The van der Waals surface area contributed by atoms with Crippen LogP contribution < -0.4 is 10.6 Å². The standard InChI is InChI=1S/C19H20BrN3O6/c1-29-7-6-23-16(26)14-12(4-5-13(24)25)22-19(15(14)17(23)27)10-8-9(20)2-3-11(10)21-18(19)28/h2-3,8,12,14-15,22H,4-7H2,1H3,(H,21,28)(H,24,25)/t12-,14+,15-,19-/m0/s1. The van der Waals surface area contributed by atoms with Gasteiger partial charge in [0.1, 0.15) is 5.54 Å². The average Bonchev–Trinajstić information content (AvgIpc) is 3.24. The molecule has 9 nitrogen and oxygen atoms in total. The van der Waals surface area contributed by atoms with Crippen molar-refractivity contribution in [2.24, 2.45) is 11.8 Å². The summed E-state index contributed by atoms with van der Waals surface area (Å²) in [6.07, 6.45) is -0.0462. The van der Waals surface area contributed by atoms with Crippen LogP contribution in [0.1, 0.15) is 18.4 Å². The number of benzene rings is 1. The Morgan fingerprint density at radius 3 is 2.76 bits per heavy atom. The zero-order valence-electron chi connectivity index (χ0n) is 15.6. The molecule has 0 bridgehead atoms. The molecule has 3 aliphatic rings. The summed E-state index contributed by atoms with van der Waals surface area (Å²) in [6, 6.07) is 4.65. The number of fused-ring (bicyclic) bond motifs is 4. The molecule has 1 aromatic rings. The number of carbonyl (C=O) groups excluding carboxylic acids is 3. The van der Waals surface area contributed by atoms with Crippen LogP contribution in [0.3, 0.4) is 0 Å². The van der Waals surface area contributed by atoms with Crippen molar-refractivity contribution in [1.29, 1.82) is 0 Å². The summed E-state index contributed by atoms with van der Waals surface area (Å²) < 4.78 is 5.74. The molecule has 29 heavy (non-hydrogen) atoms. The number of carboxylic acid groups (broad SMARTS) is 1. The number of imide groups is 1. The Bertz CT molecular complexity index is 921. The molecule has 4 atom stereocenters. The number of likely N-dealkylation sites (tertiary alicyclic amines) is 1. The van der Waals surface area contributed by atoms with Crippen LogP contribution in [0.5, 0.6) is 0 Å². The molecule has 2 fully saturated rings. The number of hydrogen-bond donors (Lipinski definition) is 3. The van der Waals surface area contributed by atoms with Crippen LogP contribution in [0.15, 0.2) is 22.7 Å². The van der Waals surface area contributed by atoms with Crippen molar-refractivity contribution in [3.05, 3.63) is 28.2 Å². The van der Waals surface area contributed by atoms with Crippen molar-refractivity contribution >= 4 is 45.3 Å². The van der Waals surface area contributed by atoms with Gasteiger partial charge in [0.15, 0.2) is 0 Å². The Morgan fingerprint density at radius 2 is 2.07 bits per heavy atom. The smallest absolute Gasteiger partial charge is 0.303 e. The molecule has 0 radical (unpaired) electrons. The van der Waals surface area contributed by atoms with Gasteiger partial charge in [0.25, 0.3) is 0 Å². The summed E-state index contributed by atoms with van der Waals surface area (Å²) in [5, 5.41) is 15.1. The Balaban J connectivity index is 1.81. The van der Waals surface area contributed by atoms with Crippen molar-refractivity contribution in [2.45, 2.75) is 24.4 Å². The number of rotatable bonds is 6. The minimum absolute atomic E-state index is 0.0931. The van der Waals surface area contributed by atoms with Gasteiger partial charge in [-0.15, -0.1) is 0 Å². The molecule has 154 valence electrons. The lowest BCUT2D eigenvalue weighted by Crippen LogP contribution is -2.53. The van der Waals surface area contributed by atoms with Gasteiger partial charge in [-0.2, -0.15) is 0 Å². The maximum Gasteiger partial charge on any atom is 0.303 e. The van der Waals surface area contributed by atoms with E-state index >= 15 is 0 Å². The van der Waals surface area contributed by atoms with E-state index in [9.17, 15) is 19.2 Å². The van der Waals surface area contributed by atoms with Crippen LogP contribution in [-0.4, -0.2) is 60.0 Å². The quantitative estimate of drug-likeness (QED) is 0.527. The number of carbonyl (C=O) groups is 4. The molecule has 3 aliphatic heterocycles. The fraction of sp³-hybridized carbons (Fsp3) is 0.474. The normalized spacial score (nSPS) is 30.1. The summed E-state index contributed by atoms with van der Waals surface area (Å²) in [5.74, 6) is -4.00. The third-order valence-corrected chi connectivity index (χ3v) is 6.45. The van der Waals surface area contributed by atoms with Crippen LogP contribution in [0, 0.1) is 11.8 Å². The predicted octanol–water partition coefficient (Wildman–Crippen LogP) is 0.681. The average molecular weight is 466 g/mol. The summed E-state index contributed by atoms with van der Waals surface area (Å²) in [4.78, 5) is 51.8. The van der Waals surface area contributed by atoms with Gasteiger partial charge in [0.2, 0.25) is 17.7 Å². The zero-order valence-corrected chi connectivity index (χ0v) is 17.2. The van der Waals surface area contributed by atoms with E-state index < -0.39 is 47.1 Å². The first-order valence-corrected chi connectivity index (χ1v) is 10.1. The minimum atomic E-state index is -1.42. The SMILES string of the molecule is COCCN1C(=O)[C@@H]2[C@H](CCC(=O)O)N[C@]3(C(=O)Nc4ccc(Br)cc43)[C@@H]2C1=O. The number of aliphatic carboxylic acids is 1. The molecular formula is C19H20BrN3O6. The number of carboxylic acids is 1. The topological polar surface area (TPSA) is 125 Å². The van der Waals surface area contributed by atoms with Gasteiger partial charge in [-0.1, -0.05) is 15.9 Å². The highest BCUT2D eigenvalue weighted by Gasteiger charge is 2.70. The molecule has 3 heterocycles. The molecule has 4 rings (SSSR count). The molecule has 10 heteroatoms. The van der Waals surface area contributed by atoms with E-state index in [2.05, 4.69) is 26.6 Å². The van der Waals surface area contributed by atoms with E-state index in [1.54, 1.807) is 18.2 Å². The predicted molar refractivity (Wildman–Crippen MR) is 104 cm³/mol. The highest BCUT2D eigenvalue weighted by molar-refractivity contribution is 9.10. The van der Waals surface area contributed by atoms with Crippen molar-refractivity contribution < 1.29 is 29.0 Å².